The zero-order valence-electron chi connectivity index (χ0n) is 8.92. The van der Waals surface area contributed by atoms with E-state index in [9.17, 15) is 8.78 Å². The number of nitrogen functional groups attached to an aromatic ring is 1. The van der Waals surface area contributed by atoms with Crippen molar-refractivity contribution in [1.29, 1.82) is 5.26 Å². The average molecular weight is 234 g/mol. The van der Waals surface area contributed by atoms with Gasteiger partial charge in [-0.25, -0.2) is 8.78 Å². The summed E-state index contributed by atoms with van der Waals surface area (Å²) < 4.78 is 31.0. The molecule has 86 valence electrons. The van der Waals surface area contributed by atoms with Crippen LogP contribution in [0.2, 0.25) is 0 Å². The SMILES string of the molecule is Cc1oc(N)c(C#N)c1-c1ccc(F)c(F)c1. The van der Waals surface area contributed by atoms with Crippen LogP contribution in [-0.2, 0) is 0 Å². The summed E-state index contributed by atoms with van der Waals surface area (Å²) in [5.41, 5.74) is 6.39. The predicted octanol–water partition coefficient (Wildman–Crippen LogP) is 2.99. The van der Waals surface area contributed by atoms with Crippen molar-refractivity contribution in [2.75, 3.05) is 5.73 Å². The van der Waals surface area contributed by atoms with Gasteiger partial charge in [0.15, 0.2) is 11.6 Å². The van der Waals surface area contributed by atoms with Crippen LogP contribution in [0.1, 0.15) is 11.3 Å². The average Bonchev–Trinajstić information content (AvgIpc) is 2.57. The Hall–Kier alpha value is -2.35. The second-order valence-electron chi connectivity index (χ2n) is 3.51. The molecule has 0 radical (unpaired) electrons. The summed E-state index contributed by atoms with van der Waals surface area (Å²) in [6.07, 6.45) is 0. The lowest BCUT2D eigenvalue weighted by molar-refractivity contribution is 0.509. The van der Waals surface area contributed by atoms with Crippen LogP contribution in [0.15, 0.2) is 22.6 Å². The maximum atomic E-state index is 13.1. The molecule has 0 aliphatic heterocycles. The number of benzene rings is 1. The molecule has 1 aromatic heterocycles. The first-order valence-corrected chi connectivity index (χ1v) is 4.79. The first kappa shape index (κ1) is 11.1. The minimum Gasteiger partial charge on any atom is -0.444 e. The molecule has 0 aliphatic rings. The van der Waals surface area contributed by atoms with Gasteiger partial charge in [0, 0.05) is 5.56 Å². The zero-order valence-corrected chi connectivity index (χ0v) is 8.92. The third-order valence-corrected chi connectivity index (χ3v) is 2.43. The smallest absolute Gasteiger partial charge is 0.209 e. The van der Waals surface area contributed by atoms with Gasteiger partial charge in [0.25, 0.3) is 0 Å². The third kappa shape index (κ3) is 1.74. The lowest BCUT2D eigenvalue weighted by Crippen LogP contribution is -1.89. The summed E-state index contributed by atoms with van der Waals surface area (Å²) in [5, 5.41) is 8.94. The van der Waals surface area contributed by atoms with Gasteiger partial charge >= 0.3 is 0 Å². The molecule has 0 aliphatic carbocycles. The minimum atomic E-state index is -0.981. The van der Waals surface area contributed by atoms with Crippen LogP contribution >= 0.6 is 0 Å². The number of nitriles is 1. The molecular formula is C12H8F2N2O. The van der Waals surface area contributed by atoms with E-state index in [0.717, 1.165) is 12.1 Å². The van der Waals surface area contributed by atoms with Crippen molar-refractivity contribution in [2.24, 2.45) is 0 Å². The predicted molar refractivity (Wildman–Crippen MR) is 57.9 cm³/mol. The van der Waals surface area contributed by atoms with Crippen molar-refractivity contribution in [3.63, 3.8) is 0 Å². The van der Waals surface area contributed by atoms with E-state index in [-0.39, 0.29) is 11.4 Å². The Morgan fingerprint density at radius 1 is 1.29 bits per heavy atom. The summed E-state index contributed by atoms with van der Waals surface area (Å²) in [6, 6.07) is 5.26. The van der Waals surface area contributed by atoms with Crippen molar-refractivity contribution in [1.82, 2.24) is 0 Å². The number of anilines is 1. The van der Waals surface area contributed by atoms with Gasteiger partial charge in [0.1, 0.15) is 17.4 Å². The molecule has 0 atom stereocenters. The molecule has 0 unspecified atom stereocenters. The molecule has 1 aromatic carbocycles. The van der Waals surface area contributed by atoms with Crippen molar-refractivity contribution < 1.29 is 13.2 Å². The quantitative estimate of drug-likeness (QED) is 0.824. The summed E-state index contributed by atoms with van der Waals surface area (Å²) in [6.45, 7) is 1.60. The zero-order chi connectivity index (χ0) is 12.6. The molecule has 0 bridgehead atoms. The molecule has 0 spiro atoms. The van der Waals surface area contributed by atoms with Gasteiger partial charge in [-0.05, 0) is 24.6 Å². The van der Waals surface area contributed by atoms with Crippen LogP contribution in [0.4, 0.5) is 14.7 Å². The topological polar surface area (TPSA) is 62.9 Å². The third-order valence-electron chi connectivity index (χ3n) is 2.43. The normalized spacial score (nSPS) is 10.2. The Morgan fingerprint density at radius 3 is 2.59 bits per heavy atom. The maximum absolute atomic E-state index is 13.1. The van der Waals surface area contributed by atoms with Crippen LogP contribution < -0.4 is 5.73 Å². The van der Waals surface area contributed by atoms with E-state index < -0.39 is 11.6 Å². The van der Waals surface area contributed by atoms with E-state index in [1.807, 2.05) is 6.07 Å². The van der Waals surface area contributed by atoms with E-state index in [0.29, 0.717) is 16.9 Å². The first-order chi connectivity index (χ1) is 8.04. The Labute approximate surface area is 96.1 Å². The fourth-order valence-corrected chi connectivity index (χ4v) is 1.68. The number of nitrogens with two attached hydrogens (primary N) is 1. The molecule has 17 heavy (non-hydrogen) atoms. The number of halogens is 2. The standard InChI is InChI=1S/C12H8F2N2O/c1-6-11(8(5-15)12(16)17-6)7-2-3-9(13)10(14)4-7/h2-4H,16H2,1H3. The number of rotatable bonds is 1. The molecule has 0 amide bonds. The molecule has 5 heteroatoms. The molecule has 2 aromatic rings. The molecule has 2 N–H and O–H groups in total. The van der Waals surface area contributed by atoms with Crippen molar-refractivity contribution in [3.05, 3.63) is 41.2 Å². The van der Waals surface area contributed by atoms with E-state index >= 15 is 0 Å². The van der Waals surface area contributed by atoms with Crippen LogP contribution in [0.5, 0.6) is 0 Å². The molecule has 3 nitrogen and oxygen atoms in total. The molecule has 0 fully saturated rings. The number of aryl methyl sites for hydroxylation is 1. The summed E-state index contributed by atoms with van der Waals surface area (Å²) in [7, 11) is 0. The van der Waals surface area contributed by atoms with Gasteiger partial charge < -0.3 is 10.2 Å². The molecule has 0 saturated carbocycles. The highest BCUT2D eigenvalue weighted by molar-refractivity contribution is 5.77. The van der Waals surface area contributed by atoms with Crippen LogP contribution in [0, 0.1) is 29.9 Å². The van der Waals surface area contributed by atoms with E-state index in [4.69, 9.17) is 15.4 Å². The van der Waals surface area contributed by atoms with Gasteiger partial charge in [-0.3, -0.25) is 0 Å². The number of furan rings is 1. The van der Waals surface area contributed by atoms with Crippen molar-refractivity contribution in [3.8, 4) is 17.2 Å². The van der Waals surface area contributed by atoms with Gasteiger partial charge in [-0.15, -0.1) is 0 Å². The Kier molecular flexibility index (Phi) is 2.56. The summed E-state index contributed by atoms with van der Waals surface area (Å²) in [5.74, 6) is -1.55. The van der Waals surface area contributed by atoms with Crippen LogP contribution in [-0.4, -0.2) is 0 Å². The van der Waals surface area contributed by atoms with E-state index in [2.05, 4.69) is 0 Å². The fourth-order valence-electron chi connectivity index (χ4n) is 1.68. The first-order valence-electron chi connectivity index (χ1n) is 4.79. The second-order valence-corrected chi connectivity index (χ2v) is 3.51. The van der Waals surface area contributed by atoms with Crippen molar-refractivity contribution in [2.45, 2.75) is 6.92 Å². The Balaban J connectivity index is 2.69. The van der Waals surface area contributed by atoms with Crippen LogP contribution in [0.3, 0.4) is 0 Å². The molecule has 1 heterocycles. The Morgan fingerprint density at radius 2 is 2.00 bits per heavy atom. The van der Waals surface area contributed by atoms with Gasteiger partial charge in [0.05, 0.1) is 0 Å². The van der Waals surface area contributed by atoms with Gasteiger partial charge in [-0.1, -0.05) is 6.07 Å². The van der Waals surface area contributed by atoms with Gasteiger partial charge in [-0.2, -0.15) is 5.26 Å². The van der Waals surface area contributed by atoms with Crippen LogP contribution in [0.25, 0.3) is 11.1 Å². The molecular weight excluding hydrogens is 226 g/mol. The minimum absolute atomic E-state index is 0.0234. The Bertz CT molecular complexity index is 626. The highest BCUT2D eigenvalue weighted by atomic mass is 19.2. The highest BCUT2D eigenvalue weighted by Crippen LogP contribution is 2.33. The van der Waals surface area contributed by atoms with E-state index in [1.165, 1.54) is 6.07 Å². The highest BCUT2D eigenvalue weighted by Gasteiger charge is 2.18. The number of hydrogen-bond donors (Lipinski definition) is 1. The lowest BCUT2D eigenvalue weighted by Gasteiger charge is -2.01. The number of hydrogen-bond acceptors (Lipinski definition) is 3. The van der Waals surface area contributed by atoms with E-state index in [1.54, 1.807) is 6.92 Å². The monoisotopic (exact) mass is 234 g/mol. The maximum Gasteiger partial charge on any atom is 0.209 e. The van der Waals surface area contributed by atoms with Crippen molar-refractivity contribution >= 4 is 5.88 Å². The summed E-state index contributed by atoms with van der Waals surface area (Å²) in [4.78, 5) is 0. The number of nitrogens with zero attached hydrogens (tertiary/aromatic N) is 1. The lowest BCUT2D eigenvalue weighted by atomic mass is 10.0. The largest absolute Gasteiger partial charge is 0.444 e. The molecule has 0 saturated heterocycles. The van der Waals surface area contributed by atoms with Gasteiger partial charge in [0.2, 0.25) is 5.88 Å². The second kappa shape index (κ2) is 3.91. The molecule has 2 rings (SSSR count). The fraction of sp³-hybridized carbons (Fsp3) is 0.0833. The summed E-state index contributed by atoms with van der Waals surface area (Å²) >= 11 is 0.